The molecule has 1 aromatic heterocycles. The SMILES string of the molecule is CCCNCCOc1ccc(NS(=O)(=O)c2ccc(OCC(F)F)cc2)c(OC)n1. The highest BCUT2D eigenvalue weighted by atomic mass is 32.2. The van der Waals surface area contributed by atoms with Crippen LogP contribution >= 0.6 is 0 Å². The molecule has 0 aliphatic carbocycles. The lowest BCUT2D eigenvalue weighted by atomic mass is 10.3. The summed E-state index contributed by atoms with van der Waals surface area (Å²) >= 11 is 0. The first kappa shape index (κ1) is 23.6. The Labute approximate surface area is 174 Å². The van der Waals surface area contributed by atoms with E-state index < -0.39 is 23.1 Å². The van der Waals surface area contributed by atoms with Gasteiger partial charge in [-0.15, -0.1) is 0 Å². The summed E-state index contributed by atoms with van der Waals surface area (Å²) < 4.78 is 67.5. The highest BCUT2D eigenvalue weighted by molar-refractivity contribution is 7.92. The van der Waals surface area contributed by atoms with E-state index in [1.807, 2.05) is 0 Å². The Kier molecular flexibility index (Phi) is 9.06. The Morgan fingerprint density at radius 2 is 1.80 bits per heavy atom. The number of sulfonamides is 1. The topological polar surface area (TPSA) is 98.8 Å². The van der Waals surface area contributed by atoms with Gasteiger partial charge in [-0.25, -0.2) is 17.2 Å². The number of rotatable bonds is 13. The van der Waals surface area contributed by atoms with Crippen LogP contribution in [0.5, 0.6) is 17.5 Å². The lowest BCUT2D eigenvalue weighted by Crippen LogP contribution is -2.21. The van der Waals surface area contributed by atoms with Crippen LogP contribution in [0.4, 0.5) is 14.5 Å². The van der Waals surface area contributed by atoms with Crippen LogP contribution in [0.25, 0.3) is 0 Å². The molecule has 11 heteroatoms. The second kappa shape index (κ2) is 11.5. The van der Waals surface area contributed by atoms with Gasteiger partial charge in [0.2, 0.25) is 11.8 Å². The van der Waals surface area contributed by atoms with E-state index in [1.165, 1.54) is 43.5 Å². The standard InChI is InChI=1S/C19H25F2N3O5S/c1-3-10-22-11-12-28-18-9-8-16(19(23-18)27-2)24-30(25,26)15-6-4-14(5-7-15)29-13-17(20)21/h4-9,17,22,24H,3,10-13H2,1-2H3. The van der Waals surface area contributed by atoms with Gasteiger partial charge in [-0.1, -0.05) is 6.92 Å². The largest absolute Gasteiger partial charge is 0.488 e. The van der Waals surface area contributed by atoms with Gasteiger partial charge >= 0.3 is 0 Å². The van der Waals surface area contributed by atoms with Crippen molar-refractivity contribution < 1.29 is 31.4 Å². The summed E-state index contributed by atoms with van der Waals surface area (Å²) in [5.41, 5.74) is 0.131. The first-order valence-corrected chi connectivity index (χ1v) is 10.8. The minimum absolute atomic E-state index is 0.0504. The smallest absolute Gasteiger partial charge is 0.272 e. The first-order chi connectivity index (χ1) is 14.4. The predicted octanol–water partition coefficient (Wildman–Crippen LogP) is 2.91. The Balaban J connectivity index is 2.04. The fraction of sp³-hybridized carbons (Fsp3) is 0.421. The second-order valence-electron chi connectivity index (χ2n) is 6.08. The van der Waals surface area contributed by atoms with Gasteiger partial charge in [0.25, 0.3) is 16.4 Å². The lowest BCUT2D eigenvalue weighted by molar-refractivity contribution is 0.0819. The number of ether oxygens (including phenoxy) is 3. The monoisotopic (exact) mass is 445 g/mol. The van der Waals surface area contributed by atoms with Crippen molar-refractivity contribution in [2.45, 2.75) is 24.7 Å². The maximum atomic E-state index is 12.6. The summed E-state index contributed by atoms with van der Waals surface area (Å²) in [6.45, 7) is 3.25. The van der Waals surface area contributed by atoms with Crippen LogP contribution in [0.15, 0.2) is 41.3 Å². The number of pyridine rings is 1. The van der Waals surface area contributed by atoms with E-state index in [4.69, 9.17) is 14.2 Å². The van der Waals surface area contributed by atoms with Crippen molar-refractivity contribution in [3.05, 3.63) is 36.4 Å². The molecule has 0 fully saturated rings. The lowest BCUT2D eigenvalue weighted by Gasteiger charge is -2.13. The zero-order valence-corrected chi connectivity index (χ0v) is 17.5. The Bertz CT molecular complexity index is 896. The Hall–Kier alpha value is -2.66. The average molecular weight is 445 g/mol. The number of aromatic nitrogens is 1. The molecule has 0 aliphatic heterocycles. The van der Waals surface area contributed by atoms with Crippen molar-refractivity contribution in [1.29, 1.82) is 0 Å². The number of hydrogen-bond donors (Lipinski definition) is 2. The van der Waals surface area contributed by atoms with Gasteiger partial charge in [0.15, 0.2) is 0 Å². The van der Waals surface area contributed by atoms with Gasteiger partial charge in [0, 0.05) is 12.6 Å². The minimum atomic E-state index is -3.96. The van der Waals surface area contributed by atoms with Gasteiger partial charge in [-0.2, -0.15) is 4.98 Å². The molecule has 30 heavy (non-hydrogen) atoms. The van der Waals surface area contributed by atoms with Crippen molar-refractivity contribution in [3.63, 3.8) is 0 Å². The molecule has 1 aromatic carbocycles. The van der Waals surface area contributed by atoms with Crippen molar-refractivity contribution in [1.82, 2.24) is 10.3 Å². The molecule has 2 N–H and O–H groups in total. The normalized spacial score (nSPS) is 11.4. The summed E-state index contributed by atoms with van der Waals surface area (Å²) in [6, 6.07) is 8.12. The molecule has 0 bridgehead atoms. The summed E-state index contributed by atoms with van der Waals surface area (Å²) in [6.07, 6.45) is -1.60. The van der Waals surface area contributed by atoms with E-state index in [-0.39, 0.29) is 22.2 Å². The molecular formula is C19H25F2N3O5S. The molecule has 166 valence electrons. The molecule has 0 saturated heterocycles. The zero-order valence-electron chi connectivity index (χ0n) is 16.7. The summed E-state index contributed by atoms with van der Waals surface area (Å²) in [5.74, 6) is 0.492. The second-order valence-corrected chi connectivity index (χ2v) is 7.77. The maximum absolute atomic E-state index is 12.6. The molecular weight excluding hydrogens is 420 g/mol. The minimum Gasteiger partial charge on any atom is -0.488 e. The molecule has 0 radical (unpaired) electrons. The molecule has 0 atom stereocenters. The third-order valence-corrected chi connectivity index (χ3v) is 5.12. The fourth-order valence-electron chi connectivity index (χ4n) is 2.34. The first-order valence-electron chi connectivity index (χ1n) is 9.28. The van der Waals surface area contributed by atoms with Crippen molar-refractivity contribution >= 4 is 15.7 Å². The number of alkyl halides is 2. The summed E-state index contributed by atoms with van der Waals surface area (Å²) in [5, 5.41) is 3.19. The molecule has 8 nitrogen and oxygen atoms in total. The van der Waals surface area contributed by atoms with Crippen LogP contribution in [0.2, 0.25) is 0 Å². The van der Waals surface area contributed by atoms with Crippen molar-refractivity contribution in [2.24, 2.45) is 0 Å². The predicted molar refractivity (Wildman–Crippen MR) is 108 cm³/mol. The highest BCUT2D eigenvalue weighted by Crippen LogP contribution is 2.28. The third kappa shape index (κ3) is 7.30. The van der Waals surface area contributed by atoms with Crippen molar-refractivity contribution in [3.8, 4) is 17.5 Å². The number of methoxy groups -OCH3 is 1. The number of nitrogens with one attached hydrogen (secondary N) is 2. The quantitative estimate of drug-likeness (QED) is 0.458. The van der Waals surface area contributed by atoms with Crippen molar-refractivity contribution in [2.75, 3.05) is 38.1 Å². The molecule has 2 aromatic rings. The van der Waals surface area contributed by atoms with E-state index in [0.29, 0.717) is 19.0 Å². The van der Waals surface area contributed by atoms with Gasteiger partial charge in [0.1, 0.15) is 24.7 Å². The maximum Gasteiger partial charge on any atom is 0.272 e. The number of benzene rings is 1. The van der Waals surface area contributed by atoms with E-state index in [0.717, 1.165) is 13.0 Å². The van der Waals surface area contributed by atoms with Crippen LogP contribution in [-0.4, -0.2) is 53.2 Å². The molecule has 0 unspecified atom stereocenters. The van der Waals surface area contributed by atoms with E-state index in [1.54, 1.807) is 0 Å². The summed E-state index contributed by atoms with van der Waals surface area (Å²) in [7, 11) is -2.60. The summed E-state index contributed by atoms with van der Waals surface area (Å²) in [4.78, 5) is 4.08. The number of hydrogen-bond acceptors (Lipinski definition) is 7. The molecule has 0 spiro atoms. The molecule has 0 aliphatic rings. The van der Waals surface area contributed by atoms with Crippen LogP contribution in [0.3, 0.4) is 0 Å². The van der Waals surface area contributed by atoms with Crippen LogP contribution in [0.1, 0.15) is 13.3 Å². The number of halogens is 2. The Morgan fingerprint density at radius 1 is 1.07 bits per heavy atom. The molecule has 2 rings (SSSR count). The highest BCUT2D eigenvalue weighted by Gasteiger charge is 2.18. The fourth-order valence-corrected chi connectivity index (χ4v) is 3.40. The zero-order chi connectivity index (χ0) is 22.0. The molecule has 1 heterocycles. The third-order valence-electron chi connectivity index (χ3n) is 3.74. The van der Waals surface area contributed by atoms with Crippen LogP contribution in [-0.2, 0) is 10.0 Å². The number of nitrogens with zero attached hydrogens (tertiary/aromatic N) is 1. The van der Waals surface area contributed by atoms with Gasteiger partial charge in [-0.3, -0.25) is 4.72 Å². The Morgan fingerprint density at radius 3 is 2.43 bits per heavy atom. The van der Waals surface area contributed by atoms with Gasteiger partial charge in [-0.05, 0) is 43.3 Å². The molecule has 0 saturated carbocycles. The molecule has 0 amide bonds. The average Bonchev–Trinajstić information content (AvgIpc) is 2.73. The van der Waals surface area contributed by atoms with E-state index >= 15 is 0 Å². The van der Waals surface area contributed by atoms with E-state index in [9.17, 15) is 17.2 Å². The van der Waals surface area contributed by atoms with Crippen LogP contribution in [0, 0.1) is 0 Å². The van der Waals surface area contributed by atoms with Gasteiger partial charge < -0.3 is 19.5 Å². The van der Waals surface area contributed by atoms with E-state index in [2.05, 4.69) is 21.9 Å². The van der Waals surface area contributed by atoms with Gasteiger partial charge in [0.05, 0.1) is 12.0 Å². The van der Waals surface area contributed by atoms with Crippen LogP contribution < -0.4 is 24.2 Å². The number of anilines is 1.